The smallest absolute Gasteiger partial charge is 0.166 e. The lowest BCUT2D eigenvalue weighted by atomic mass is 9.98. The summed E-state index contributed by atoms with van der Waals surface area (Å²) in [6.45, 7) is 6.09. The second-order valence-electron chi connectivity index (χ2n) is 6.01. The van der Waals surface area contributed by atoms with Crippen LogP contribution in [0.2, 0.25) is 0 Å². The van der Waals surface area contributed by atoms with Crippen molar-refractivity contribution in [3.8, 4) is 0 Å². The number of carbonyl (C=O) groups is 1. The highest BCUT2D eigenvalue weighted by atomic mass is 16.1. The van der Waals surface area contributed by atoms with Gasteiger partial charge in [-0.05, 0) is 29.2 Å². The SMILES string of the molecule is CC(C)c1ccc(CN2CCC(=O)c3ccccc32)cc1. The van der Waals surface area contributed by atoms with Gasteiger partial charge in [0, 0.05) is 30.8 Å². The zero-order valence-corrected chi connectivity index (χ0v) is 12.7. The van der Waals surface area contributed by atoms with Crippen LogP contribution < -0.4 is 4.90 Å². The number of anilines is 1. The lowest BCUT2D eigenvalue weighted by Crippen LogP contribution is -2.31. The van der Waals surface area contributed by atoms with Gasteiger partial charge in [0.1, 0.15) is 0 Å². The lowest BCUT2D eigenvalue weighted by Gasteiger charge is -2.30. The zero-order valence-electron chi connectivity index (χ0n) is 12.7. The molecule has 0 bridgehead atoms. The summed E-state index contributed by atoms with van der Waals surface area (Å²) < 4.78 is 0. The fourth-order valence-corrected chi connectivity index (χ4v) is 2.87. The van der Waals surface area contributed by atoms with E-state index < -0.39 is 0 Å². The molecule has 2 aromatic rings. The number of fused-ring (bicyclic) bond motifs is 1. The molecular weight excluding hydrogens is 258 g/mol. The molecule has 1 aliphatic heterocycles. The van der Waals surface area contributed by atoms with Gasteiger partial charge in [0.15, 0.2) is 5.78 Å². The average Bonchev–Trinajstić information content (AvgIpc) is 2.51. The van der Waals surface area contributed by atoms with Crippen LogP contribution in [0.25, 0.3) is 0 Å². The molecule has 2 heteroatoms. The van der Waals surface area contributed by atoms with E-state index >= 15 is 0 Å². The summed E-state index contributed by atoms with van der Waals surface area (Å²) in [7, 11) is 0. The zero-order chi connectivity index (χ0) is 14.8. The number of para-hydroxylation sites is 1. The maximum atomic E-state index is 12.0. The fourth-order valence-electron chi connectivity index (χ4n) is 2.87. The molecule has 0 fully saturated rings. The van der Waals surface area contributed by atoms with Gasteiger partial charge in [-0.3, -0.25) is 4.79 Å². The molecule has 108 valence electrons. The minimum Gasteiger partial charge on any atom is -0.366 e. The molecule has 0 amide bonds. The number of nitrogens with zero attached hydrogens (tertiary/aromatic N) is 1. The summed E-state index contributed by atoms with van der Waals surface area (Å²) in [5.74, 6) is 0.824. The second-order valence-corrected chi connectivity index (χ2v) is 6.01. The highest BCUT2D eigenvalue weighted by molar-refractivity contribution is 6.03. The van der Waals surface area contributed by atoms with Gasteiger partial charge in [0.2, 0.25) is 0 Å². The highest BCUT2D eigenvalue weighted by Gasteiger charge is 2.22. The molecule has 1 aliphatic rings. The fraction of sp³-hybridized carbons (Fsp3) is 0.316. The Kier molecular flexibility index (Phi) is 3.78. The van der Waals surface area contributed by atoms with E-state index in [4.69, 9.17) is 0 Å². The van der Waals surface area contributed by atoms with Crippen molar-refractivity contribution in [1.82, 2.24) is 0 Å². The van der Waals surface area contributed by atoms with Crippen LogP contribution in [0.3, 0.4) is 0 Å². The maximum absolute atomic E-state index is 12.0. The third-order valence-corrected chi connectivity index (χ3v) is 4.17. The summed E-state index contributed by atoms with van der Waals surface area (Å²) in [5, 5.41) is 0. The quantitative estimate of drug-likeness (QED) is 0.829. The monoisotopic (exact) mass is 279 g/mol. The molecule has 2 nitrogen and oxygen atoms in total. The molecule has 2 aromatic carbocycles. The molecule has 0 radical (unpaired) electrons. The van der Waals surface area contributed by atoms with Crippen LogP contribution in [-0.4, -0.2) is 12.3 Å². The third-order valence-electron chi connectivity index (χ3n) is 4.17. The summed E-state index contributed by atoms with van der Waals surface area (Å²) >= 11 is 0. The molecule has 0 unspecified atom stereocenters. The van der Waals surface area contributed by atoms with Gasteiger partial charge in [-0.25, -0.2) is 0 Å². The minimum atomic E-state index is 0.261. The van der Waals surface area contributed by atoms with Crippen molar-refractivity contribution in [2.75, 3.05) is 11.4 Å². The number of benzene rings is 2. The van der Waals surface area contributed by atoms with Crippen LogP contribution in [-0.2, 0) is 6.54 Å². The normalized spacial score (nSPS) is 14.4. The maximum Gasteiger partial charge on any atom is 0.166 e. The minimum absolute atomic E-state index is 0.261. The molecule has 3 rings (SSSR count). The van der Waals surface area contributed by atoms with E-state index in [1.165, 1.54) is 11.1 Å². The van der Waals surface area contributed by atoms with Gasteiger partial charge in [-0.1, -0.05) is 50.2 Å². The standard InChI is InChI=1S/C19H21NO/c1-14(2)16-9-7-15(8-10-16)13-20-12-11-19(21)17-5-3-4-6-18(17)20/h3-10,14H,11-13H2,1-2H3. The van der Waals surface area contributed by atoms with Crippen molar-refractivity contribution in [3.63, 3.8) is 0 Å². The van der Waals surface area contributed by atoms with Crippen LogP contribution in [0, 0.1) is 0 Å². The predicted octanol–water partition coefficient (Wildman–Crippen LogP) is 4.40. The van der Waals surface area contributed by atoms with Gasteiger partial charge in [-0.2, -0.15) is 0 Å². The van der Waals surface area contributed by atoms with E-state index in [0.29, 0.717) is 12.3 Å². The first kappa shape index (κ1) is 13.9. The van der Waals surface area contributed by atoms with Crippen molar-refractivity contribution < 1.29 is 4.79 Å². The largest absolute Gasteiger partial charge is 0.366 e. The molecule has 0 atom stereocenters. The van der Waals surface area contributed by atoms with E-state index in [1.807, 2.05) is 18.2 Å². The lowest BCUT2D eigenvalue weighted by molar-refractivity contribution is 0.0979. The Morgan fingerprint density at radius 2 is 1.76 bits per heavy atom. The van der Waals surface area contributed by atoms with Crippen LogP contribution >= 0.6 is 0 Å². The van der Waals surface area contributed by atoms with E-state index in [9.17, 15) is 4.79 Å². The third kappa shape index (κ3) is 2.85. The van der Waals surface area contributed by atoms with E-state index in [2.05, 4.69) is 49.1 Å². The Hall–Kier alpha value is -2.09. The number of ketones is 1. The summed E-state index contributed by atoms with van der Waals surface area (Å²) in [6.07, 6.45) is 0.612. The highest BCUT2D eigenvalue weighted by Crippen LogP contribution is 2.28. The Labute approximate surface area is 126 Å². The van der Waals surface area contributed by atoms with Crippen molar-refractivity contribution in [1.29, 1.82) is 0 Å². The van der Waals surface area contributed by atoms with Gasteiger partial charge < -0.3 is 4.90 Å². The van der Waals surface area contributed by atoms with Crippen LogP contribution in [0.4, 0.5) is 5.69 Å². The van der Waals surface area contributed by atoms with Crippen molar-refractivity contribution in [3.05, 3.63) is 65.2 Å². The summed E-state index contributed by atoms with van der Waals surface area (Å²) in [5.41, 5.74) is 4.60. The number of hydrogen-bond donors (Lipinski definition) is 0. The molecule has 0 aromatic heterocycles. The summed E-state index contributed by atoms with van der Waals surface area (Å²) in [6, 6.07) is 16.8. The van der Waals surface area contributed by atoms with Gasteiger partial charge in [0.05, 0.1) is 0 Å². The molecule has 21 heavy (non-hydrogen) atoms. The molecule has 1 heterocycles. The first-order valence-corrected chi connectivity index (χ1v) is 7.61. The number of Topliss-reactive ketones (excluding diaryl/α,β-unsaturated/α-hetero) is 1. The second kappa shape index (κ2) is 5.72. The van der Waals surface area contributed by atoms with Crippen LogP contribution in [0.1, 0.15) is 47.7 Å². The van der Waals surface area contributed by atoms with E-state index in [1.54, 1.807) is 0 Å². The van der Waals surface area contributed by atoms with Gasteiger partial charge in [-0.15, -0.1) is 0 Å². The number of carbonyl (C=O) groups excluding carboxylic acids is 1. The predicted molar refractivity (Wildman–Crippen MR) is 87.0 cm³/mol. The molecule has 0 aliphatic carbocycles. The molecule has 0 N–H and O–H groups in total. The first-order chi connectivity index (χ1) is 10.1. The molecule has 0 saturated heterocycles. The Balaban J connectivity index is 1.82. The van der Waals surface area contributed by atoms with Crippen molar-refractivity contribution in [2.24, 2.45) is 0 Å². The van der Waals surface area contributed by atoms with E-state index in [0.717, 1.165) is 24.3 Å². The Morgan fingerprint density at radius 3 is 2.48 bits per heavy atom. The first-order valence-electron chi connectivity index (χ1n) is 7.61. The average molecular weight is 279 g/mol. The topological polar surface area (TPSA) is 20.3 Å². The molecular formula is C19H21NO. The van der Waals surface area contributed by atoms with Crippen LogP contribution in [0.15, 0.2) is 48.5 Å². The Morgan fingerprint density at radius 1 is 1.05 bits per heavy atom. The number of rotatable bonds is 3. The van der Waals surface area contributed by atoms with Crippen molar-refractivity contribution >= 4 is 11.5 Å². The van der Waals surface area contributed by atoms with Gasteiger partial charge >= 0.3 is 0 Å². The van der Waals surface area contributed by atoms with Gasteiger partial charge in [0.25, 0.3) is 0 Å². The van der Waals surface area contributed by atoms with Crippen molar-refractivity contribution in [2.45, 2.75) is 32.7 Å². The Bertz CT molecular complexity index is 643. The van der Waals surface area contributed by atoms with E-state index in [-0.39, 0.29) is 5.78 Å². The molecule has 0 saturated carbocycles. The summed E-state index contributed by atoms with van der Waals surface area (Å²) in [4.78, 5) is 14.3. The number of hydrogen-bond acceptors (Lipinski definition) is 2. The molecule has 0 spiro atoms. The van der Waals surface area contributed by atoms with Crippen LogP contribution in [0.5, 0.6) is 0 Å².